The number of hydrogen-bond donors (Lipinski definition) is 0. The molecule has 0 saturated carbocycles. The summed E-state index contributed by atoms with van der Waals surface area (Å²) in [6.45, 7) is 6.13. The van der Waals surface area contributed by atoms with Gasteiger partial charge in [-0.3, -0.25) is 29.1 Å². The maximum absolute atomic E-state index is 11.1. The number of carbonyl (C=O) groups is 4. The van der Waals surface area contributed by atoms with Gasteiger partial charge in [0.05, 0.1) is 0 Å². The molecule has 1 radical (unpaired) electrons. The largest absolute Gasteiger partial charge is 3.00 e. The zero-order valence-electron chi connectivity index (χ0n) is 21.1. The normalized spacial score (nSPS) is 9.47. The molecule has 0 aliphatic heterocycles. The minimum absolute atomic E-state index is 0. The number of rotatable bonds is 10. The van der Waals surface area contributed by atoms with Crippen molar-refractivity contribution >= 4 is 30.4 Å². The molecule has 14 heteroatoms. The number of halogens is 4. The Labute approximate surface area is 229 Å². The summed E-state index contributed by atoms with van der Waals surface area (Å²) in [5.41, 5.74) is 1.84. The van der Waals surface area contributed by atoms with Crippen molar-refractivity contribution in [3.63, 3.8) is 0 Å². The minimum Gasteiger partial charge on any atom is -0.685 e. The van der Waals surface area contributed by atoms with Crippen LogP contribution in [0, 0.1) is 0 Å². The zero-order valence-corrected chi connectivity index (χ0v) is 22.2. The maximum Gasteiger partial charge on any atom is 3.00 e. The Balaban J connectivity index is 0. The summed E-state index contributed by atoms with van der Waals surface area (Å²) in [6, 6.07) is 11.0. The first-order valence-electron chi connectivity index (χ1n) is 10.7. The maximum atomic E-state index is 11.1. The molecule has 0 N–H and O–H groups in total. The first-order valence-corrected chi connectivity index (χ1v) is 10.7. The third kappa shape index (κ3) is 19.5. The van der Waals surface area contributed by atoms with E-state index in [2.05, 4.69) is 20.6 Å². The standard InChI is InChI=1S/2C12H14N2O2.BF4.Fe/c2*1-9(15)12(10(2)16)8-13-7-11-5-3-4-6-14-11;2-1(3,4)5;/h2*3-6,8H,7H2,1-2H3,(H,13,15,16);;/q;;-1;+3/p-2. The Kier molecular flexibility index (Phi) is 18.7. The fraction of sp³-hybridized carbons (Fsp3) is 0.250. The molecule has 0 saturated heterocycles. The smallest absolute Gasteiger partial charge is 0.685 e. The first-order chi connectivity index (χ1) is 17.2. The van der Waals surface area contributed by atoms with E-state index in [4.69, 9.17) is 0 Å². The van der Waals surface area contributed by atoms with Gasteiger partial charge in [0.1, 0.15) is 0 Å². The van der Waals surface area contributed by atoms with Gasteiger partial charge < -0.3 is 27.9 Å². The number of nitrogens with zero attached hydrogens (tertiary/aromatic N) is 4. The van der Waals surface area contributed by atoms with Crippen LogP contribution in [-0.4, -0.2) is 40.4 Å². The van der Waals surface area contributed by atoms with E-state index in [1.807, 2.05) is 36.4 Å². The molecular weight excluding hydrogens is 551 g/mol. The van der Waals surface area contributed by atoms with Crippen LogP contribution in [0.1, 0.15) is 39.1 Å². The predicted octanol–water partition coefficient (Wildman–Crippen LogP) is 5.33. The molecule has 0 aliphatic carbocycles. The van der Waals surface area contributed by atoms with Crippen molar-refractivity contribution in [2.24, 2.45) is 0 Å². The molecule has 205 valence electrons. The van der Waals surface area contributed by atoms with Crippen LogP contribution in [0.5, 0.6) is 0 Å². The summed E-state index contributed by atoms with van der Waals surface area (Å²) in [6.07, 6.45) is 5.98. The van der Waals surface area contributed by atoms with Crippen LogP contribution in [0.15, 0.2) is 72.3 Å². The molecule has 0 fully saturated rings. The Hall–Kier alpha value is -3.64. The van der Waals surface area contributed by atoms with Crippen LogP contribution in [0.2, 0.25) is 0 Å². The summed E-state index contributed by atoms with van der Waals surface area (Å²) >= 11 is 0. The summed E-state index contributed by atoms with van der Waals surface area (Å²) in [5, 5.41) is 8.04. The summed E-state index contributed by atoms with van der Waals surface area (Å²) in [7, 11) is -6.00. The van der Waals surface area contributed by atoms with Crippen LogP contribution in [0.3, 0.4) is 0 Å². The predicted molar refractivity (Wildman–Crippen MR) is 132 cm³/mol. The second kappa shape index (κ2) is 19.5. The molecule has 2 aromatic rings. The second-order valence-electron chi connectivity index (χ2n) is 7.13. The number of carbonyl (C=O) groups excluding carboxylic acids is 4. The summed E-state index contributed by atoms with van der Waals surface area (Å²) < 4.78 is 39.0. The van der Waals surface area contributed by atoms with Crippen LogP contribution in [0.25, 0.3) is 10.6 Å². The van der Waals surface area contributed by atoms with E-state index in [1.54, 1.807) is 12.4 Å². The fourth-order valence-corrected chi connectivity index (χ4v) is 2.30. The molecule has 2 rings (SSSR count). The van der Waals surface area contributed by atoms with E-state index in [0.717, 1.165) is 11.4 Å². The van der Waals surface area contributed by atoms with Crippen LogP contribution in [0.4, 0.5) is 17.3 Å². The van der Waals surface area contributed by atoms with Crippen molar-refractivity contribution in [3.05, 3.63) is 94.4 Å². The molecule has 8 nitrogen and oxygen atoms in total. The van der Waals surface area contributed by atoms with E-state index in [1.165, 1.54) is 40.1 Å². The van der Waals surface area contributed by atoms with Gasteiger partial charge in [0.25, 0.3) is 0 Å². The van der Waals surface area contributed by atoms with Gasteiger partial charge in [0.15, 0.2) is 23.1 Å². The molecule has 2 aromatic heterocycles. The van der Waals surface area contributed by atoms with Gasteiger partial charge >= 0.3 is 24.3 Å². The van der Waals surface area contributed by atoms with Gasteiger partial charge in [-0.05, 0) is 52.0 Å². The van der Waals surface area contributed by atoms with Crippen LogP contribution < -0.4 is 0 Å². The van der Waals surface area contributed by atoms with Gasteiger partial charge in [0.2, 0.25) is 0 Å². The Morgan fingerprint density at radius 1 is 0.684 bits per heavy atom. The third-order valence-corrected chi connectivity index (χ3v) is 3.92. The summed E-state index contributed by atoms with van der Waals surface area (Å²) in [5.74, 6) is -1.07. The van der Waals surface area contributed by atoms with Crippen LogP contribution in [-0.2, 0) is 49.3 Å². The molecule has 0 aromatic carbocycles. The fourth-order valence-electron chi connectivity index (χ4n) is 2.30. The van der Waals surface area contributed by atoms with Gasteiger partial charge in [-0.15, -0.1) is 0 Å². The van der Waals surface area contributed by atoms with E-state index >= 15 is 0 Å². The second-order valence-corrected chi connectivity index (χ2v) is 7.13. The van der Waals surface area contributed by atoms with E-state index in [0.29, 0.717) is 13.1 Å². The van der Waals surface area contributed by atoms with E-state index < -0.39 is 7.25 Å². The summed E-state index contributed by atoms with van der Waals surface area (Å²) in [4.78, 5) is 52.4. The Morgan fingerprint density at radius 3 is 1.18 bits per heavy atom. The molecule has 0 bridgehead atoms. The number of aromatic nitrogens is 2. The van der Waals surface area contributed by atoms with Gasteiger partial charge in [-0.25, -0.2) is 0 Å². The number of allylic oxidation sites excluding steroid dienone is 2. The van der Waals surface area contributed by atoms with Crippen molar-refractivity contribution in [1.82, 2.24) is 9.97 Å². The average Bonchev–Trinajstić information content (AvgIpc) is 2.79. The monoisotopic (exact) mass is 577 g/mol. The quantitative estimate of drug-likeness (QED) is 0.124. The molecule has 0 unspecified atom stereocenters. The van der Waals surface area contributed by atoms with Crippen molar-refractivity contribution < 1.29 is 53.5 Å². The van der Waals surface area contributed by atoms with Crippen molar-refractivity contribution in [2.45, 2.75) is 40.8 Å². The zero-order chi connectivity index (χ0) is 28.4. The molecule has 0 atom stereocenters. The molecule has 38 heavy (non-hydrogen) atoms. The van der Waals surface area contributed by atoms with Gasteiger partial charge in [-0.2, -0.15) is 12.4 Å². The van der Waals surface area contributed by atoms with Crippen molar-refractivity contribution in [1.29, 1.82) is 0 Å². The molecular formula is C24H26BF4FeN4O4. The first kappa shape index (κ1) is 36.5. The van der Waals surface area contributed by atoms with E-state index in [9.17, 15) is 36.4 Å². The number of pyridine rings is 2. The SMILES string of the molecule is CC(=O)C(=C[N-]Cc1ccccn1)C(C)=O.CC(=O)C(=C[N-]Cc1ccccn1)C(C)=O.F[B-](F)(F)F.[Fe+3]. The van der Waals surface area contributed by atoms with Gasteiger partial charge in [0, 0.05) is 34.9 Å². The van der Waals surface area contributed by atoms with E-state index in [-0.39, 0.29) is 51.3 Å². The van der Waals surface area contributed by atoms with Crippen LogP contribution >= 0.6 is 0 Å². The average molecular weight is 577 g/mol. The Morgan fingerprint density at radius 2 is 0.974 bits per heavy atom. The number of hydrogen-bond acceptors (Lipinski definition) is 6. The van der Waals surface area contributed by atoms with Crippen molar-refractivity contribution in [2.75, 3.05) is 0 Å². The Bertz CT molecular complexity index is 980. The topological polar surface area (TPSA) is 122 Å². The third-order valence-electron chi connectivity index (χ3n) is 3.92. The van der Waals surface area contributed by atoms with Gasteiger partial charge in [-0.1, -0.05) is 25.2 Å². The molecule has 0 aliphatic rings. The number of Topliss-reactive ketones (excluding diaryl/α,β-unsaturated/α-hetero) is 4. The minimum atomic E-state index is -6.00. The number of ketones is 4. The molecule has 2 heterocycles. The molecule has 0 spiro atoms. The molecule has 0 amide bonds. The van der Waals surface area contributed by atoms with Crippen molar-refractivity contribution in [3.8, 4) is 0 Å².